The molecule has 0 amide bonds. The summed E-state index contributed by atoms with van der Waals surface area (Å²) in [6, 6.07) is 16.9. The van der Waals surface area contributed by atoms with Crippen LogP contribution in [0.4, 0.5) is 0 Å². The van der Waals surface area contributed by atoms with Gasteiger partial charge in [-0.15, -0.1) is 0 Å². The maximum Gasteiger partial charge on any atom is 0.189 e. The van der Waals surface area contributed by atoms with Crippen molar-refractivity contribution in [2.75, 3.05) is 0 Å². The highest BCUT2D eigenvalue weighted by Gasteiger charge is 2.10. The Morgan fingerprint density at radius 2 is 1.56 bits per heavy atom. The number of nitrogens with one attached hydrogen (secondary N) is 4. The van der Waals surface area contributed by atoms with Crippen molar-refractivity contribution in [3.05, 3.63) is 77.4 Å². The number of hydrogen-bond acceptors (Lipinski definition) is 5. The minimum Gasteiger partial charge on any atom is -0.430 e. The molecule has 0 heterocycles. The van der Waals surface area contributed by atoms with Crippen molar-refractivity contribution in [1.29, 1.82) is 21.6 Å². The highest BCUT2D eigenvalue weighted by atomic mass is 16.5. The number of allylic oxidation sites excluding steroid dienone is 1. The molecule has 0 saturated heterocycles. The van der Waals surface area contributed by atoms with E-state index in [-0.39, 0.29) is 23.2 Å². The number of unbranched alkanes of at least 4 members (excludes halogenated alkanes) is 1. The molecule has 0 aliphatic carbocycles. The van der Waals surface area contributed by atoms with Crippen molar-refractivity contribution in [1.82, 2.24) is 0 Å². The normalized spacial score (nSPS) is 10.6. The fourth-order valence-corrected chi connectivity index (χ4v) is 2.53. The Bertz CT molecular complexity index is 869. The third-order valence-electron chi connectivity index (χ3n) is 3.85. The average Bonchev–Trinajstić information content (AvgIpc) is 2.67. The summed E-state index contributed by atoms with van der Waals surface area (Å²) < 4.78 is 4.91. The maximum atomic E-state index is 8.31. The van der Waals surface area contributed by atoms with Crippen molar-refractivity contribution in [2.24, 2.45) is 0 Å². The van der Waals surface area contributed by atoms with E-state index < -0.39 is 0 Å². The van der Waals surface area contributed by atoms with Crippen LogP contribution in [0.15, 0.2) is 60.7 Å². The molecule has 0 aromatic heterocycles. The molecule has 0 bridgehead atoms. The Morgan fingerprint density at radius 1 is 0.889 bits per heavy atom. The first kappa shape index (κ1) is 20.0. The zero-order valence-electron chi connectivity index (χ0n) is 15.4. The lowest BCUT2D eigenvalue weighted by Gasteiger charge is -2.07. The van der Waals surface area contributed by atoms with Crippen LogP contribution in [0.2, 0.25) is 0 Å². The van der Waals surface area contributed by atoms with E-state index in [4.69, 9.17) is 26.4 Å². The fraction of sp³-hybridized carbons (Fsp3) is 0.182. The predicted octanol–water partition coefficient (Wildman–Crippen LogP) is 5.30. The third kappa shape index (κ3) is 6.47. The smallest absolute Gasteiger partial charge is 0.189 e. The maximum absolute atomic E-state index is 8.31. The standard InChI is InChI=1S/C22H24N4O/c1-16(23)27-20(24)14-7-2-4-9-17-10-8-13-19(15-17)22(26)21(25)18-11-5-3-6-12-18/h3-6,8-13,15,23-26H,2,7,14H2,1H3/b9-4+,23-16?,24-20?,25-21?,26-22?. The first-order valence-electron chi connectivity index (χ1n) is 8.77. The van der Waals surface area contributed by atoms with Gasteiger partial charge in [-0.25, -0.2) is 0 Å². The van der Waals surface area contributed by atoms with Crippen LogP contribution in [0.5, 0.6) is 0 Å². The summed E-state index contributed by atoms with van der Waals surface area (Å²) in [6.07, 6.45) is 6.08. The predicted molar refractivity (Wildman–Crippen MR) is 112 cm³/mol. The van der Waals surface area contributed by atoms with Crippen LogP contribution in [0.3, 0.4) is 0 Å². The van der Waals surface area contributed by atoms with Crippen molar-refractivity contribution in [3.8, 4) is 0 Å². The molecule has 0 radical (unpaired) electrons. The zero-order valence-corrected chi connectivity index (χ0v) is 15.4. The Kier molecular flexibility index (Phi) is 7.37. The Hall–Kier alpha value is -3.34. The van der Waals surface area contributed by atoms with E-state index >= 15 is 0 Å². The molecule has 0 atom stereocenters. The monoisotopic (exact) mass is 360 g/mol. The second kappa shape index (κ2) is 9.97. The molecule has 2 rings (SSSR count). The van der Waals surface area contributed by atoms with E-state index in [2.05, 4.69) is 0 Å². The first-order chi connectivity index (χ1) is 13.0. The number of hydrogen-bond donors (Lipinski definition) is 4. The summed E-state index contributed by atoms with van der Waals surface area (Å²) >= 11 is 0. The van der Waals surface area contributed by atoms with Crippen LogP contribution in [0, 0.1) is 21.6 Å². The molecule has 0 aliphatic rings. The second-order valence-corrected chi connectivity index (χ2v) is 6.12. The van der Waals surface area contributed by atoms with Gasteiger partial charge in [-0.3, -0.25) is 21.6 Å². The second-order valence-electron chi connectivity index (χ2n) is 6.12. The van der Waals surface area contributed by atoms with E-state index in [1.807, 2.05) is 66.7 Å². The molecule has 0 spiro atoms. The Labute approximate surface area is 159 Å². The Balaban J connectivity index is 1.93. The lowest BCUT2D eigenvalue weighted by molar-refractivity contribution is 0.507. The zero-order chi connectivity index (χ0) is 19.6. The molecule has 0 saturated carbocycles. The molecule has 5 nitrogen and oxygen atoms in total. The van der Waals surface area contributed by atoms with Gasteiger partial charge in [-0.2, -0.15) is 0 Å². The van der Waals surface area contributed by atoms with Crippen LogP contribution < -0.4 is 0 Å². The van der Waals surface area contributed by atoms with Gasteiger partial charge < -0.3 is 4.74 Å². The SMILES string of the molecule is CC(=N)OC(=N)CCC/C=C/c1cccc(C(=N)C(=N)c2ccccc2)c1. The largest absolute Gasteiger partial charge is 0.430 e. The van der Waals surface area contributed by atoms with E-state index in [9.17, 15) is 0 Å². The quantitative estimate of drug-likeness (QED) is 0.286. The van der Waals surface area contributed by atoms with Gasteiger partial charge in [0.1, 0.15) is 0 Å². The fourth-order valence-electron chi connectivity index (χ4n) is 2.53. The van der Waals surface area contributed by atoms with E-state index in [0.29, 0.717) is 12.0 Å². The van der Waals surface area contributed by atoms with E-state index in [1.54, 1.807) is 0 Å². The highest BCUT2D eigenvalue weighted by molar-refractivity contribution is 6.51. The lowest BCUT2D eigenvalue weighted by atomic mass is 9.98. The molecular formula is C22H24N4O. The molecule has 2 aromatic rings. The van der Waals surface area contributed by atoms with Gasteiger partial charge in [0.25, 0.3) is 0 Å². The summed E-state index contributed by atoms with van der Waals surface area (Å²) in [5.41, 5.74) is 2.82. The molecule has 0 fully saturated rings. The highest BCUT2D eigenvalue weighted by Crippen LogP contribution is 2.12. The number of benzene rings is 2. The van der Waals surface area contributed by atoms with Gasteiger partial charge >= 0.3 is 0 Å². The van der Waals surface area contributed by atoms with Crippen LogP contribution in [-0.2, 0) is 4.74 Å². The van der Waals surface area contributed by atoms with E-state index in [1.165, 1.54) is 6.92 Å². The van der Waals surface area contributed by atoms with Gasteiger partial charge in [0, 0.05) is 24.5 Å². The van der Waals surface area contributed by atoms with Gasteiger partial charge in [0.2, 0.25) is 0 Å². The van der Waals surface area contributed by atoms with Gasteiger partial charge in [-0.1, -0.05) is 60.7 Å². The first-order valence-corrected chi connectivity index (χ1v) is 8.77. The molecule has 138 valence electrons. The van der Waals surface area contributed by atoms with Crippen LogP contribution in [-0.4, -0.2) is 23.2 Å². The summed E-state index contributed by atoms with van der Waals surface area (Å²) in [5, 5.41) is 31.3. The van der Waals surface area contributed by atoms with Crippen LogP contribution in [0.25, 0.3) is 6.08 Å². The topological polar surface area (TPSA) is 105 Å². The van der Waals surface area contributed by atoms with Gasteiger partial charge in [0.15, 0.2) is 11.8 Å². The van der Waals surface area contributed by atoms with Crippen molar-refractivity contribution < 1.29 is 4.74 Å². The van der Waals surface area contributed by atoms with Crippen molar-refractivity contribution in [2.45, 2.75) is 26.2 Å². The van der Waals surface area contributed by atoms with Crippen molar-refractivity contribution >= 4 is 29.3 Å². The summed E-state index contributed by atoms with van der Waals surface area (Å²) in [4.78, 5) is 0. The third-order valence-corrected chi connectivity index (χ3v) is 3.85. The summed E-state index contributed by atoms with van der Waals surface area (Å²) in [6.45, 7) is 1.51. The van der Waals surface area contributed by atoms with Crippen molar-refractivity contribution in [3.63, 3.8) is 0 Å². The summed E-state index contributed by atoms with van der Waals surface area (Å²) in [5.74, 6) is 0.154. The van der Waals surface area contributed by atoms with Crippen LogP contribution >= 0.6 is 0 Å². The minimum absolute atomic E-state index is 0.0378. The number of rotatable bonds is 8. The van der Waals surface area contributed by atoms with Gasteiger partial charge in [0.05, 0.1) is 11.4 Å². The Morgan fingerprint density at radius 3 is 2.26 bits per heavy atom. The molecule has 0 unspecified atom stereocenters. The molecule has 2 aromatic carbocycles. The summed E-state index contributed by atoms with van der Waals surface area (Å²) in [7, 11) is 0. The molecule has 4 N–H and O–H groups in total. The lowest BCUT2D eigenvalue weighted by Crippen LogP contribution is -2.14. The molecule has 27 heavy (non-hydrogen) atoms. The average molecular weight is 360 g/mol. The molecule has 5 heteroatoms. The van der Waals surface area contributed by atoms with Crippen LogP contribution in [0.1, 0.15) is 42.9 Å². The number of ether oxygens (including phenoxy) is 1. The van der Waals surface area contributed by atoms with E-state index in [0.717, 1.165) is 24.0 Å². The molecular weight excluding hydrogens is 336 g/mol. The molecule has 0 aliphatic heterocycles. The van der Waals surface area contributed by atoms with Gasteiger partial charge in [-0.05, 0) is 24.5 Å². The minimum atomic E-state index is 0.0378.